The minimum absolute atomic E-state index is 0.00717. The number of nitrogens with zero attached hydrogens (tertiary/aromatic N) is 3. The summed E-state index contributed by atoms with van der Waals surface area (Å²) in [5.41, 5.74) is 6.78. The van der Waals surface area contributed by atoms with E-state index in [-0.39, 0.29) is 28.4 Å². The van der Waals surface area contributed by atoms with Gasteiger partial charge in [0.05, 0.1) is 29.7 Å². The maximum absolute atomic E-state index is 14.4. The van der Waals surface area contributed by atoms with Crippen LogP contribution in [0.5, 0.6) is 0 Å². The molecule has 0 radical (unpaired) electrons. The van der Waals surface area contributed by atoms with Crippen molar-refractivity contribution < 1.29 is 22.7 Å². The molecular weight excluding hydrogens is 443 g/mol. The second-order valence-electron chi connectivity index (χ2n) is 7.69. The molecule has 7 nitrogen and oxygen atoms in total. The number of aryl methyl sites for hydroxylation is 2. The highest BCUT2D eigenvalue weighted by Crippen LogP contribution is 2.33. The van der Waals surface area contributed by atoms with Crippen molar-refractivity contribution in [1.29, 1.82) is 0 Å². The maximum atomic E-state index is 14.4. The first-order valence-electron chi connectivity index (χ1n) is 10.0. The van der Waals surface area contributed by atoms with Gasteiger partial charge in [0.15, 0.2) is 0 Å². The number of carbonyl (C=O) groups is 1. The van der Waals surface area contributed by atoms with Crippen LogP contribution in [0.15, 0.2) is 23.7 Å². The fourth-order valence-corrected chi connectivity index (χ4v) is 4.45. The number of anilines is 1. The van der Waals surface area contributed by atoms with Crippen molar-refractivity contribution >= 4 is 22.9 Å². The highest BCUT2D eigenvalue weighted by atomic mass is 32.1. The fourth-order valence-electron chi connectivity index (χ4n) is 3.61. The van der Waals surface area contributed by atoms with E-state index in [9.17, 15) is 18.0 Å². The minimum Gasteiger partial charge on any atom is -0.369 e. The van der Waals surface area contributed by atoms with Crippen LogP contribution < -0.4 is 11.1 Å². The van der Waals surface area contributed by atoms with E-state index >= 15 is 0 Å². The number of aromatic nitrogens is 3. The Morgan fingerprint density at radius 2 is 2.12 bits per heavy atom. The van der Waals surface area contributed by atoms with Gasteiger partial charge in [0.1, 0.15) is 34.6 Å². The Bertz CT molecular complexity index is 1140. The van der Waals surface area contributed by atoms with Gasteiger partial charge in [-0.2, -0.15) is 5.10 Å². The number of ether oxygens (including phenoxy) is 1. The van der Waals surface area contributed by atoms with Crippen molar-refractivity contribution in [2.45, 2.75) is 38.1 Å². The van der Waals surface area contributed by atoms with E-state index in [2.05, 4.69) is 15.4 Å². The van der Waals surface area contributed by atoms with Crippen LogP contribution in [0.2, 0.25) is 0 Å². The molecule has 3 N–H and O–H groups in total. The lowest BCUT2D eigenvalue weighted by Gasteiger charge is -2.17. The Balaban J connectivity index is 1.56. The SMILES string of the molecule is Cc1ccc(F)c(-c2nc(C(=O)Nc3cnn(C)c3[C@@H]3CC[C@@H](N)[C@H](F)CO3)cs2)c1F. The Kier molecular flexibility index (Phi) is 6.31. The van der Waals surface area contributed by atoms with Crippen LogP contribution in [0.25, 0.3) is 10.6 Å². The van der Waals surface area contributed by atoms with Gasteiger partial charge in [0, 0.05) is 18.5 Å². The summed E-state index contributed by atoms with van der Waals surface area (Å²) < 4.78 is 49.7. The lowest BCUT2D eigenvalue weighted by molar-refractivity contribution is 0.0247. The quantitative estimate of drug-likeness (QED) is 0.610. The van der Waals surface area contributed by atoms with E-state index in [0.29, 0.717) is 24.2 Å². The van der Waals surface area contributed by atoms with Crippen LogP contribution in [0, 0.1) is 18.6 Å². The molecule has 2 aromatic heterocycles. The highest BCUT2D eigenvalue weighted by Gasteiger charge is 2.30. The monoisotopic (exact) mass is 465 g/mol. The van der Waals surface area contributed by atoms with E-state index in [1.165, 1.54) is 24.6 Å². The number of hydrogen-bond donors (Lipinski definition) is 2. The third-order valence-electron chi connectivity index (χ3n) is 5.46. The topological polar surface area (TPSA) is 95.1 Å². The van der Waals surface area contributed by atoms with Gasteiger partial charge in [-0.25, -0.2) is 18.2 Å². The molecule has 0 bridgehead atoms. The van der Waals surface area contributed by atoms with Gasteiger partial charge < -0.3 is 15.8 Å². The first-order valence-corrected chi connectivity index (χ1v) is 10.9. The first kappa shape index (κ1) is 22.4. The number of amides is 1. The molecule has 1 fully saturated rings. The van der Waals surface area contributed by atoms with E-state index < -0.39 is 35.9 Å². The maximum Gasteiger partial charge on any atom is 0.275 e. The average Bonchev–Trinajstić information content (AvgIpc) is 3.34. The van der Waals surface area contributed by atoms with Gasteiger partial charge in [-0.3, -0.25) is 9.48 Å². The summed E-state index contributed by atoms with van der Waals surface area (Å²) >= 11 is 0.966. The summed E-state index contributed by atoms with van der Waals surface area (Å²) in [6.45, 7) is 1.38. The van der Waals surface area contributed by atoms with Gasteiger partial charge in [0.25, 0.3) is 5.91 Å². The van der Waals surface area contributed by atoms with E-state index in [1.807, 2.05) is 0 Å². The normalized spacial score (nSPS) is 21.4. The minimum atomic E-state index is -1.26. The molecule has 0 unspecified atom stereocenters. The zero-order chi connectivity index (χ0) is 23.0. The fraction of sp³-hybridized carbons (Fsp3) is 0.381. The highest BCUT2D eigenvalue weighted by molar-refractivity contribution is 7.13. The number of hydrogen-bond acceptors (Lipinski definition) is 6. The Morgan fingerprint density at radius 1 is 1.34 bits per heavy atom. The molecule has 0 saturated carbocycles. The Hall–Kier alpha value is -2.76. The van der Waals surface area contributed by atoms with Crippen molar-refractivity contribution in [2.24, 2.45) is 12.8 Å². The Morgan fingerprint density at radius 3 is 2.91 bits per heavy atom. The molecule has 3 aromatic rings. The van der Waals surface area contributed by atoms with Gasteiger partial charge in [-0.1, -0.05) is 6.07 Å². The molecule has 0 spiro atoms. The molecule has 0 aliphatic carbocycles. The third kappa shape index (κ3) is 4.27. The zero-order valence-electron chi connectivity index (χ0n) is 17.4. The lowest BCUT2D eigenvalue weighted by Crippen LogP contribution is -2.32. The molecule has 170 valence electrons. The number of alkyl halides is 1. The summed E-state index contributed by atoms with van der Waals surface area (Å²) in [4.78, 5) is 16.9. The molecule has 1 aromatic carbocycles. The van der Waals surface area contributed by atoms with Crippen molar-refractivity contribution in [3.05, 3.63) is 52.3 Å². The first-order chi connectivity index (χ1) is 15.3. The van der Waals surface area contributed by atoms with Crippen LogP contribution >= 0.6 is 11.3 Å². The summed E-state index contributed by atoms with van der Waals surface area (Å²) in [7, 11) is 1.69. The average molecular weight is 466 g/mol. The molecule has 1 saturated heterocycles. The number of thiazole rings is 1. The third-order valence-corrected chi connectivity index (χ3v) is 6.32. The van der Waals surface area contributed by atoms with E-state index in [4.69, 9.17) is 10.5 Å². The molecule has 1 aliphatic rings. The molecule has 3 atom stereocenters. The number of halogens is 3. The van der Waals surface area contributed by atoms with Crippen molar-refractivity contribution in [1.82, 2.24) is 14.8 Å². The number of nitrogens with one attached hydrogen (secondary N) is 1. The predicted molar refractivity (Wildman–Crippen MR) is 114 cm³/mol. The molecule has 1 amide bonds. The van der Waals surface area contributed by atoms with Crippen LogP contribution in [-0.2, 0) is 11.8 Å². The predicted octanol–water partition coefficient (Wildman–Crippen LogP) is 3.90. The standard InChI is InChI=1S/C21H22F3N5O2S/c1-10-3-4-11(22)17(18(10)24)21-28-15(9-32-21)20(30)27-14-7-26-29(2)19(14)16-6-5-13(25)12(23)8-31-16/h3-4,7,9,12-13,16H,5-6,8,25H2,1-2H3,(H,27,30)/t12-,13-,16+/m1/s1. The second kappa shape index (κ2) is 9.00. The molecule has 1 aliphatic heterocycles. The van der Waals surface area contributed by atoms with E-state index in [0.717, 1.165) is 17.4 Å². The molecule has 11 heteroatoms. The van der Waals surface area contributed by atoms with Gasteiger partial charge >= 0.3 is 0 Å². The summed E-state index contributed by atoms with van der Waals surface area (Å²) in [5.74, 6) is -2.03. The van der Waals surface area contributed by atoms with Gasteiger partial charge in [0.2, 0.25) is 0 Å². The number of rotatable bonds is 4. The summed E-state index contributed by atoms with van der Waals surface area (Å²) in [6.07, 6.45) is 0.597. The zero-order valence-corrected chi connectivity index (χ0v) is 18.3. The smallest absolute Gasteiger partial charge is 0.275 e. The van der Waals surface area contributed by atoms with Crippen LogP contribution in [-0.4, -0.2) is 39.5 Å². The van der Waals surface area contributed by atoms with Crippen molar-refractivity contribution in [3.63, 3.8) is 0 Å². The largest absolute Gasteiger partial charge is 0.369 e. The van der Waals surface area contributed by atoms with Gasteiger partial charge in [-0.05, 0) is 31.4 Å². The van der Waals surface area contributed by atoms with E-state index in [1.54, 1.807) is 11.7 Å². The molecule has 4 rings (SSSR count). The van der Waals surface area contributed by atoms with Crippen molar-refractivity contribution in [2.75, 3.05) is 11.9 Å². The van der Waals surface area contributed by atoms with Crippen LogP contribution in [0.3, 0.4) is 0 Å². The van der Waals surface area contributed by atoms with Crippen LogP contribution in [0.4, 0.5) is 18.9 Å². The molecule has 32 heavy (non-hydrogen) atoms. The van der Waals surface area contributed by atoms with Crippen molar-refractivity contribution in [3.8, 4) is 10.6 Å². The number of benzene rings is 1. The molecule has 3 heterocycles. The van der Waals surface area contributed by atoms with Crippen LogP contribution in [0.1, 0.15) is 40.7 Å². The Labute approximate surface area is 186 Å². The summed E-state index contributed by atoms with van der Waals surface area (Å²) in [5, 5.41) is 8.39. The number of carbonyl (C=O) groups excluding carboxylic acids is 1. The number of nitrogens with two attached hydrogens (primary N) is 1. The lowest BCUT2D eigenvalue weighted by atomic mass is 10.0. The molecular formula is C21H22F3N5O2S. The van der Waals surface area contributed by atoms with Gasteiger partial charge in [-0.15, -0.1) is 11.3 Å². The summed E-state index contributed by atoms with van der Waals surface area (Å²) in [6, 6.07) is 1.90. The second-order valence-corrected chi connectivity index (χ2v) is 8.55.